The number of hydrogen-bond donors (Lipinski definition) is 2. The molecule has 0 radical (unpaired) electrons. The molecule has 2 aliphatic rings. The van der Waals surface area contributed by atoms with Crippen LogP contribution in [0, 0.1) is 0 Å². The van der Waals surface area contributed by atoms with Crippen molar-refractivity contribution >= 4 is 28.9 Å². The molecule has 0 saturated carbocycles. The van der Waals surface area contributed by atoms with E-state index in [2.05, 4.69) is 10.6 Å². The van der Waals surface area contributed by atoms with Crippen molar-refractivity contribution in [2.24, 2.45) is 0 Å². The largest absolute Gasteiger partial charge is 0.495 e. The van der Waals surface area contributed by atoms with Gasteiger partial charge in [0.25, 0.3) is 0 Å². The number of para-hydroxylation sites is 4. The molecule has 0 saturated heterocycles. The molecule has 32 heavy (non-hydrogen) atoms. The van der Waals surface area contributed by atoms with Crippen LogP contribution in [0.1, 0.15) is 31.1 Å². The van der Waals surface area contributed by atoms with Gasteiger partial charge in [0.2, 0.25) is 0 Å². The highest BCUT2D eigenvalue weighted by Crippen LogP contribution is 2.45. The molecule has 0 bridgehead atoms. The normalized spacial score (nSPS) is 17.7. The Bertz CT molecular complexity index is 1200. The van der Waals surface area contributed by atoms with Crippen LogP contribution in [0.2, 0.25) is 0 Å². The summed E-state index contributed by atoms with van der Waals surface area (Å²) in [7, 11) is 1.56. The van der Waals surface area contributed by atoms with E-state index in [1.54, 1.807) is 42.5 Å². The van der Waals surface area contributed by atoms with E-state index in [0.717, 1.165) is 24.2 Å². The fraction of sp³-hybridized carbons (Fsp3) is 0.200. The first-order chi connectivity index (χ1) is 15.7. The van der Waals surface area contributed by atoms with Crippen LogP contribution in [0.5, 0.6) is 5.75 Å². The zero-order chi connectivity index (χ0) is 22.1. The van der Waals surface area contributed by atoms with Crippen LogP contribution < -0.4 is 20.3 Å². The third-order valence-corrected chi connectivity index (χ3v) is 5.82. The van der Waals surface area contributed by atoms with Gasteiger partial charge in [0.1, 0.15) is 17.6 Å². The monoisotopic (exact) mass is 429 g/mol. The van der Waals surface area contributed by atoms with Gasteiger partial charge in [0.15, 0.2) is 5.78 Å². The molecule has 0 unspecified atom stereocenters. The van der Waals surface area contributed by atoms with E-state index < -0.39 is 12.1 Å². The second kappa shape index (κ2) is 8.26. The van der Waals surface area contributed by atoms with Gasteiger partial charge in [0, 0.05) is 17.7 Å². The number of methoxy groups -OCH3 is 1. The number of ether oxygens (including phenoxy) is 1. The third-order valence-electron chi connectivity index (χ3n) is 5.82. The molecule has 3 aromatic rings. The molecule has 2 amide bonds. The van der Waals surface area contributed by atoms with Crippen LogP contribution in [0.4, 0.5) is 21.9 Å². The van der Waals surface area contributed by atoms with Crippen LogP contribution in [-0.2, 0) is 4.79 Å². The van der Waals surface area contributed by atoms with Gasteiger partial charge in [0.05, 0.1) is 30.4 Å². The molecule has 162 valence electrons. The van der Waals surface area contributed by atoms with E-state index in [0.29, 0.717) is 34.9 Å². The number of hydrogen-bond acceptors (Lipinski definition) is 5. The van der Waals surface area contributed by atoms with Crippen LogP contribution >= 0.6 is 0 Å². The van der Waals surface area contributed by atoms with Gasteiger partial charge in [-0.2, -0.15) is 0 Å². The Hall–Kier alpha value is -4.00. The molecule has 1 aliphatic heterocycles. The summed E-state index contributed by atoms with van der Waals surface area (Å²) in [5, 5.41) is 6.39. The van der Waals surface area contributed by atoms with Gasteiger partial charge in [-0.25, -0.2) is 4.79 Å². The molecular weight excluding hydrogens is 406 g/mol. The van der Waals surface area contributed by atoms with Gasteiger partial charge >= 0.3 is 6.03 Å². The van der Waals surface area contributed by atoms with Crippen molar-refractivity contribution < 1.29 is 18.7 Å². The van der Waals surface area contributed by atoms with Crippen molar-refractivity contribution in [2.45, 2.75) is 25.3 Å². The second-order valence-electron chi connectivity index (χ2n) is 7.73. The number of amides is 2. The number of nitrogens with zero attached hydrogens (tertiary/aromatic N) is 1. The quantitative estimate of drug-likeness (QED) is 0.574. The number of rotatable bonds is 3. The van der Waals surface area contributed by atoms with Gasteiger partial charge < -0.3 is 19.8 Å². The van der Waals surface area contributed by atoms with Gasteiger partial charge in [-0.1, -0.05) is 24.3 Å². The van der Waals surface area contributed by atoms with Crippen molar-refractivity contribution in [3.8, 4) is 5.75 Å². The molecular formula is C25H23N3O4. The van der Waals surface area contributed by atoms with Crippen LogP contribution in [0.25, 0.3) is 0 Å². The first-order valence-corrected chi connectivity index (χ1v) is 10.6. The Kier molecular flexibility index (Phi) is 5.15. The maximum atomic E-state index is 13.8. The Morgan fingerprint density at radius 2 is 1.91 bits per heavy atom. The number of nitrogens with one attached hydrogen (secondary N) is 2. The minimum atomic E-state index is -0.696. The van der Waals surface area contributed by atoms with Gasteiger partial charge in [-0.15, -0.1) is 0 Å². The predicted octanol–water partition coefficient (Wildman–Crippen LogP) is 5.50. The highest BCUT2D eigenvalue weighted by Gasteiger charge is 2.41. The zero-order valence-electron chi connectivity index (χ0n) is 17.6. The molecule has 2 heterocycles. The summed E-state index contributed by atoms with van der Waals surface area (Å²) in [5.74, 6) is 1.09. The molecule has 2 N–H and O–H groups in total. The predicted molar refractivity (Wildman–Crippen MR) is 122 cm³/mol. The maximum absolute atomic E-state index is 13.8. The van der Waals surface area contributed by atoms with Crippen molar-refractivity contribution in [1.82, 2.24) is 0 Å². The minimum absolute atomic E-state index is 0.0167. The van der Waals surface area contributed by atoms with Crippen LogP contribution in [0.3, 0.4) is 0 Å². The second-order valence-corrected chi connectivity index (χ2v) is 7.73. The summed E-state index contributed by atoms with van der Waals surface area (Å²) in [5.41, 5.74) is 3.36. The van der Waals surface area contributed by atoms with E-state index in [-0.39, 0.29) is 5.78 Å². The summed E-state index contributed by atoms with van der Waals surface area (Å²) in [6.45, 7) is 0. The lowest BCUT2D eigenvalue weighted by Gasteiger charge is -2.32. The summed E-state index contributed by atoms with van der Waals surface area (Å²) in [6.07, 6.45) is 3.50. The zero-order valence-corrected chi connectivity index (χ0v) is 17.6. The number of furan rings is 1. The minimum Gasteiger partial charge on any atom is -0.495 e. The van der Waals surface area contributed by atoms with E-state index in [1.807, 2.05) is 36.4 Å². The average Bonchev–Trinajstić information content (AvgIpc) is 3.29. The number of ketones is 1. The topological polar surface area (TPSA) is 83.8 Å². The van der Waals surface area contributed by atoms with Gasteiger partial charge in [-0.3, -0.25) is 9.69 Å². The van der Waals surface area contributed by atoms with E-state index in [4.69, 9.17) is 9.15 Å². The Labute approximate surface area is 185 Å². The van der Waals surface area contributed by atoms with E-state index in [1.165, 1.54) is 0 Å². The van der Waals surface area contributed by atoms with E-state index in [9.17, 15) is 9.59 Å². The Balaban J connectivity index is 1.67. The number of benzene rings is 2. The maximum Gasteiger partial charge on any atom is 0.327 e. The van der Waals surface area contributed by atoms with Crippen LogP contribution in [-0.4, -0.2) is 18.9 Å². The molecule has 7 nitrogen and oxygen atoms in total. The van der Waals surface area contributed by atoms with Crippen molar-refractivity contribution in [2.75, 3.05) is 22.6 Å². The molecule has 2 aromatic carbocycles. The lowest BCUT2D eigenvalue weighted by Crippen LogP contribution is -2.40. The number of carbonyl (C=O) groups excluding carboxylic acids is 2. The SMILES string of the molecule is COc1ccccc1NC(=O)N1c2ccccc2NC2=C(C(=O)CCC2)[C@H]1c1ccco1. The number of anilines is 3. The van der Waals surface area contributed by atoms with E-state index >= 15 is 0 Å². The van der Waals surface area contributed by atoms with Gasteiger partial charge in [-0.05, 0) is 49.2 Å². The van der Waals surface area contributed by atoms with Crippen molar-refractivity contribution in [3.63, 3.8) is 0 Å². The summed E-state index contributed by atoms with van der Waals surface area (Å²) >= 11 is 0. The standard InChI is InChI=1S/C25H23N3O4/c1-31-21-13-5-3-9-17(21)27-25(30)28-19-11-4-2-8-16(19)26-18-10-6-12-20(29)23(18)24(28)22-14-7-15-32-22/h2-5,7-9,11,13-15,24,26H,6,10,12H2,1H3,(H,27,30)/t24-/m1/s1. The number of allylic oxidation sites excluding steroid dienone is 1. The molecule has 1 atom stereocenters. The van der Waals surface area contributed by atoms with Crippen molar-refractivity contribution in [1.29, 1.82) is 0 Å². The Morgan fingerprint density at radius 3 is 2.72 bits per heavy atom. The highest BCUT2D eigenvalue weighted by atomic mass is 16.5. The smallest absolute Gasteiger partial charge is 0.327 e. The molecule has 7 heteroatoms. The highest BCUT2D eigenvalue weighted by molar-refractivity contribution is 6.09. The summed E-state index contributed by atoms with van der Waals surface area (Å²) < 4.78 is 11.2. The Morgan fingerprint density at radius 1 is 1.09 bits per heavy atom. The summed E-state index contributed by atoms with van der Waals surface area (Å²) in [4.78, 5) is 28.5. The third kappa shape index (κ3) is 3.41. The molecule has 1 aliphatic carbocycles. The van der Waals surface area contributed by atoms with Crippen LogP contribution in [0.15, 0.2) is 82.6 Å². The lowest BCUT2D eigenvalue weighted by atomic mass is 9.88. The number of Topliss-reactive ketones (excluding diaryl/α,β-unsaturated/α-hetero) is 1. The molecule has 5 rings (SSSR count). The average molecular weight is 429 g/mol. The first-order valence-electron chi connectivity index (χ1n) is 10.6. The molecule has 1 aromatic heterocycles. The molecule has 0 spiro atoms. The fourth-order valence-electron chi connectivity index (χ4n) is 4.40. The first kappa shape index (κ1) is 19.9. The number of fused-ring (bicyclic) bond motifs is 1. The lowest BCUT2D eigenvalue weighted by molar-refractivity contribution is -0.116. The summed E-state index contributed by atoms with van der Waals surface area (Å²) in [6, 6.07) is 17.2. The molecule has 0 fully saturated rings. The number of carbonyl (C=O) groups is 2. The van der Waals surface area contributed by atoms with Crippen molar-refractivity contribution in [3.05, 3.63) is 84.0 Å². The number of urea groups is 1. The fourth-order valence-corrected chi connectivity index (χ4v) is 4.40.